The number of hydrogen-bond donors (Lipinski definition) is 3. The zero-order chi connectivity index (χ0) is 17.9. The maximum Gasteiger partial charge on any atom is 0.248 e. The van der Waals surface area contributed by atoms with Gasteiger partial charge in [-0.05, 0) is 38.3 Å². The van der Waals surface area contributed by atoms with Crippen LogP contribution >= 0.6 is 0 Å². The lowest BCUT2D eigenvalue weighted by Gasteiger charge is -2.41. The highest BCUT2D eigenvalue weighted by atomic mass is 16.3. The van der Waals surface area contributed by atoms with Gasteiger partial charge in [0.2, 0.25) is 11.8 Å². The maximum absolute atomic E-state index is 13.4. The molecule has 1 saturated carbocycles. The summed E-state index contributed by atoms with van der Waals surface area (Å²) in [5.41, 5.74) is 1.45. The summed E-state index contributed by atoms with van der Waals surface area (Å²) in [6.45, 7) is 2.88. The third kappa shape index (κ3) is 3.63. The van der Waals surface area contributed by atoms with Crippen molar-refractivity contribution >= 4 is 17.5 Å². The average Bonchev–Trinajstić information content (AvgIpc) is 3.08. The van der Waals surface area contributed by atoms with E-state index in [1.807, 2.05) is 31.2 Å². The molecule has 6 nitrogen and oxygen atoms in total. The van der Waals surface area contributed by atoms with Crippen LogP contribution in [0.3, 0.4) is 0 Å². The van der Waals surface area contributed by atoms with Crippen molar-refractivity contribution in [2.24, 2.45) is 0 Å². The summed E-state index contributed by atoms with van der Waals surface area (Å²) in [6.07, 6.45) is 3.80. The van der Waals surface area contributed by atoms with Crippen molar-refractivity contribution in [3.8, 4) is 0 Å². The van der Waals surface area contributed by atoms with Gasteiger partial charge in [0.05, 0.1) is 0 Å². The van der Waals surface area contributed by atoms with Gasteiger partial charge in [-0.25, -0.2) is 0 Å². The molecule has 1 saturated heterocycles. The number of aliphatic hydroxyl groups excluding tert-OH is 1. The van der Waals surface area contributed by atoms with E-state index in [4.69, 9.17) is 0 Å². The molecule has 1 atom stereocenters. The lowest BCUT2D eigenvalue weighted by molar-refractivity contribution is -0.147. The number of anilines is 1. The number of amides is 2. The van der Waals surface area contributed by atoms with Gasteiger partial charge < -0.3 is 20.6 Å². The predicted molar refractivity (Wildman–Crippen MR) is 96.2 cm³/mol. The number of nitrogens with one attached hydrogen (secondary N) is 2. The first kappa shape index (κ1) is 17.7. The minimum Gasteiger partial charge on any atom is -0.396 e. The molecule has 1 aliphatic heterocycles. The lowest BCUT2D eigenvalue weighted by Crippen LogP contribution is -2.63. The Kier molecular flexibility index (Phi) is 5.27. The minimum atomic E-state index is -0.652. The van der Waals surface area contributed by atoms with Gasteiger partial charge in [-0.1, -0.05) is 30.5 Å². The second-order valence-electron chi connectivity index (χ2n) is 7.10. The Hall–Kier alpha value is -2.08. The van der Waals surface area contributed by atoms with E-state index in [0.29, 0.717) is 13.1 Å². The number of aryl methyl sites for hydroxylation is 1. The summed E-state index contributed by atoms with van der Waals surface area (Å²) in [6, 6.07) is 7.47. The number of benzene rings is 1. The first-order valence-electron chi connectivity index (χ1n) is 9.10. The first-order chi connectivity index (χ1) is 12.1. The van der Waals surface area contributed by atoms with Crippen molar-refractivity contribution in [1.82, 2.24) is 10.2 Å². The largest absolute Gasteiger partial charge is 0.396 e. The van der Waals surface area contributed by atoms with Crippen molar-refractivity contribution in [1.29, 1.82) is 0 Å². The molecule has 6 heteroatoms. The number of aliphatic hydroxyl groups is 1. The standard InChI is InChI=1S/C19H27N3O3/c1-14-4-6-15(7-5-14)21-19(9-2-3-10-19)18(25)22-12-11-20-17(24)16(22)8-13-23/h4-7,16,21,23H,2-3,8-13H2,1H3,(H,20,24). The highest BCUT2D eigenvalue weighted by Crippen LogP contribution is 2.36. The highest BCUT2D eigenvalue weighted by Gasteiger charge is 2.46. The Bertz CT molecular complexity index is 623. The zero-order valence-corrected chi connectivity index (χ0v) is 14.8. The number of piperazine rings is 1. The van der Waals surface area contributed by atoms with Crippen LogP contribution in [-0.2, 0) is 9.59 Å². The van der Waals surface area contributed by atoms with Gasteiger partial charge in [0, 0.05) is 25.4 Å². The smallest absolute Gasteiger partial charge is 0.248 e. The molecule has 0 aromatic heterocycles. The maximum atomic E-state index is 13.4. The van der Waals surface area contributed by atoms with E-state index in [0.717, 1.165) is 31.4 Å². The first-order valence-corrected chi connectivity index (χ1v) is 9.10. The molecule has 3 N–H and O–H groups in total. The molecule has 25 heavy (non-hydrogen) atoms. The van der Waals surface area contributed by atoms with Crippen molar-refractivity contribution < 1.29 is 14.7 Å². The number of carbonyl (C=O) groups excluding carboxylic acids is 2. The Balaban J connectivity index is 1.84. The molecular formula is C19H27N3O3. The molecule has 2 amide bonds. The third-order valence-corrected chi connectivity index (χ3v) is 5.30. The van der Waals surface area contributed by atoms with Gasteiger partial charge in [-0.2, -0.15) is 0 Å². The molecular weight excluding hydrogens is 318 g/mol. The number of rotatable bonds is 5. The Morgan fingerprint density at radius 3 is 2.64 bits per heavy atom. The lowest BCUT2D eigenvalue weighted by atomic mass is 9.92. The number of nitrogens with zero attached hydrogens (tertiary/aromatic N) is 1. The molecule has 2 aliphatic rings. The minimum absolute atomic E-state index is 0.0149. The summed E-state index contributed by atoms with van der Waals surface area (Å²) in [5.74, 6) is -0.184. The van der Waals surface area contributed by atoms with E-state index in [1.54, 1.807) is 4.90 Å². The van der Waals surface area contributed by atoms with Gasteiger partial charge in [0.15, 0.2) is 0 Å². The van der Waals surface area contributed by atoms with Gasteiger partial charge in [0.25, 0.3) is 0 Å². The quantitative estimate of drug-likeness (QED) is 0.754. The van der Waals surface area contributed by atoms with E-state index in [9.17, 15) is 14.7 Å². The van der Waals surface area contributed by atoms with E-state index >= 15 is 0 Å². The topological polar surface area (TPSA) is 81.7 Å². The fourth-order valence-electron chi connectivity index (χ4n) is 3.93. The summed E-state index contributed by atoms with van der Waals surface area (Å²) in [5, 5.41) is 15.6. The molecule has 1 heterocycles. The second kappa shape index (κ2) is 7.44. The molecule has 1 aromatic rings. The van der Waals surface area contributed by atoms with Crippen molar-refractivity contribution in [2.45, 2.75) is 50.6 Å². The van der Waals surface area contributed by atoms with Crippen LogP contribution in [0.2, 0.25) is 0 Å². The fraction of sp³-hybridized carbons (Fsp3) is 0.579. The van der Waals surface area contributed by atoms with E-state index < -0.39 is 11.6 Å². The van der Waals surface area contributed by atoms with E-state index in [2.05, 4.69) is 10.6 Å². The summed E-state index contributed by atoms with van der Waals surface area (Å²) >= 11 is 0. The monoisotopic (exact) mass is 345 g/mol. The Labute approximate surface area is 148 Å². The van der Waals surface area contributed by atoms with Gasteiger partial charge >= 0.3 is 0 Å². The van der Waals surface area contributed by atoms with Gasteiger partial charge in [-0.3, -0.25) is 9.59 Å². The van der Waals surface area contributed by atoms with Crippen LogP contribution in [0, 0.1) is 6.92 Å². The normalized spacial score (nSPS) is 22.6. The summed E-state index contributed by atoms with van der Waals surface area (Å²) < 4.78 is 0. The van der Waals surface area contributed by atoms with Crippen molar-refractivity contribution in [3.05, 3.63) is 29.8 Å². The van der Waals surface area contributed by atoms with Gasteiger partial charge in [-0.15, -0.1) is 0 Å². The van der Waals surface area contributed by atoms with Gasteiger partial charge in [0.1, 0.15) is 11.6 Å². The zero-order valence-electron chi connectivity index (χ0n) is 14.8. The molecule has 1 unspecified atom stereocenters. The SMILES string of the molecule is Cc1ccc(NC2(C(=O)N3CCNC(=O)C3CCO)CCCC2)cc1. The Morgan fingerprint density at radius 2 is 2.00 bits per heavy atom. The van der Waals surface area contributed by atoms with Crippen LogP contribution in [0.1, 0.15) is 37.7 Å². The second-order valence-corrected chi connectivity index (χ2v) is 7.10. The van der Waals surface area contributed by atoms with Crippen LogP contribution in [-0.4, -0.2) is 53.1 Å². The Morgan fingerprint density at radius 1 is 1.32 bits per heavy atom. The fourth-order valence-corrected chi connectivity index (χ4v) is 3.93. The van der Waals surface area contributed by atoms with Crippen LogP contribution in [0.4, 0.5) is 5.69 Å². The number of hydrogen-bond acceptors (Lipinski definition) is 4. The molecule has 2 fully saturated rings. The van der Waals surface area contributed by atoms with E-state index in [-0.39, 0.29) is 24.8 Å². The molecule has 1 aliphatic carbocycles. The molecule has 136 valence electrons. The van der Waals surface area contributed by atoms with E-state index in [1.165, 1.54) is 5.56 Å². The molecule has 1 aromatic carbocycles. The summed E-state index contributed by atoms with van der Waals surface area (Å²) in [7, 11) is 0. The van der Waals surface area contributed by atoms with Crippen LogP contribution in [0.25, 0.3) is 0 Å². The molecule has 0 spiro atoms. The van der Waals surface area contributed by atoms with Crippen LogP contribution < -0.4 is 10.6 Å². The van der Waals surface area contributed by atoms with Crippen LogP contribution in [0.15, 0.2) is 24.3 Å². The molecule has 0 radical (unpaired) electrons. The van der Waals surface area contributed by atoms with Crippen LogP contribution in [0.5, 0.6) is 0 Å². The highest BCUT2D eigenvalue weighted by molar-refractivity contribution is 5.95. The third-order valence-electron chi connectivity index (χ3n) is 5.30. The van der Waals surface area contributed by atoms with Crippen molar-refractivity contribution in [2.75, 3.05) is 25.0 Å². The number of carbonyl (C=O) groups is 2. The van der Waals surface area contributed by atoms with Crippen molar-refractivity contribution in [3.63, 3.8) is 0 Å². The predicted octanol–water partition coefficient (Wildman–Crippen LogP) is 1.43. The summed E-state index contributed by atoms with van der Waals surface area (Å²) in [4.78, 5) is 27.3. The molecule has 0 bridgehead atoms. The molecule has 3 rings (SSSR count). The average molecular weight is 345 g/mol.